The average molecular weight is 401 g/mol. The SMILES string of the molecule is CC(C)c1nnc(Sc2nc(Br)c(Br)s2)s1. The maximum atomic E-state index is 4.35. The predicted molar refractivity (Wildman–Crippen MR) is 75.6 cm³/mol. The summed E-state index contributed by atoms with van der Waals surface area (Å²) in [7, 11) is 0. The summed E-state index contributed by atoms with van der Waals surface area (Å²) >= 11 is 11.6. The predicted octanol–water partition coefficient (Wildman–Crippen LogP) is 4.79. The average Bonchev–Trinajstić information content (AvgIpc) is 2.76. The van der Waals surface area contributed by atoms with Gasteiger partial charge in [0, 0.05) is 5.92 Å². The topological polar surface area (TPSA) is 38.7 Å². The first-order valence-corrected chi connectivity index (χ1v) is 8.43. The van der Waals surface area contributed by atoms with Gasteiger partial charge in [-0.1, -0.05) is 36.5 Å². The number of hydrogen-bond donors (Lipinski definition) is 0. The van der Waals surface area contributed by atoms with Crippen LogP contribution in [0, 0.1) is 0 Å². The second kappa shape index (κ2) is 5.43. The smallest absolute Gasteiger partial charge is 0.181 e. The van der Waals surface area contributed by atoms with E-state index in [-0.39, 0.29) is 0 Å². The van der Waals surface area contributed by atoms with E-state index in [0.29, 0.717) is 5.92 Å². The summed E-state index contributed by atoms with van der Waals surface area (Å²) < 4.78 is 3.75. The molecule has 0 N–H and O–H groups in total. The van der Waals surface area contributed by atoms with Crippen molar-refractivity contribution in [1.29, 1.82) is 0 Å². The minimum absolute atomic E-state index is 0.432. The molecule has 8 heteroatoms. The molecule has 0 atom stereocenters. The van der Waals surface area contributed by atoms with E-state index < -0.39 is 0 Å². The molecule has 0 aliphatic heterocycles. The van der Waals surface area contributed by atoms with Crippen LogP contribution in [0.4, 0.5) is 0 Å². The van der Waals surface area contributed by atoms with Gasteiger partial charge in [-0.2, -0.15) is 0 Å². The number of rotatable bonds is 3. The van der Waals surface area contributed by atoms with Gasteiger partial charge in [-0.25, -0.2) is 4.98 Å². The van der Waals surface area contributed by atoms with Crippen LogP contribution in [-0.4, -0.2) is 15.2 Å². The van der Waals surface area contributed by atoms with Crippen molar-refractivity contribution >= 4 is 66.3 Å². The lowest BCUT2D eigenvalue weighted by molar-refractivity contribution is 0.817. The Morgan fingerprint density at radius 2 is 1.88 bits per heavy atom. The Labute approximate surface area is 122 Å². The molecule has 3 nitrogen and oxygen atoms in total. The molecule has 2 aromatic heterocycles. The number of aromatic nitrogens is 3. The Morgan fingerprint density at radius 1 is 1.12 bits per heavy atom. The Bertz CT molecular complexity index is 475. The van der Waals surface area contributed by atoms with Crippen LogP contribution in [0.15, 0.2) is 17.1 Å². The van der Waals surface area contributed by atoms with Gasteiger partial charge in [-0.05, 0) is 43.6 Å². The third-order valence-electron chi connectivity index (χ3n) is 1.62. The Balaban J connectivity index is 2.14. The quantitative estimate of drug-likeness (QED) is 0.741. The van der Waals surface area contributed by atoms with Crippen LogP contribution in [0.3, 0.4) is 0 Å². The van der Waals surface area contributed by atoms with Crippen molar-refractivity contribution in [2.75, 3.05) is 0 Å². The second-order valence-electron chi connectivity index (χ2n) is 3.21. The van der Waals surface area contributed by atoms with E-state index in [4.69, 9.17) is 0 Å². The van der Waals surface area contributed by atoms with Gasteiger partial charge >= 0.3 is 0 Å². The standard InChI is InChI=1S/C8H7Br2N3S3/c1-3(2)6-12-13-8(15-6)16-7-11-4(9)5(10)14-7/h3H,1-2H3. The molecule has 0 unspecified atom stereocenters. The maximum Gasteiger partial charge on any atom is 0.181 e. The van der Waals surface area contributed by atoms with Gasteiger partial charge < -0.3 is 0 Å². The van der Waals surface area contributed by atoms with Crippen LogP contribution in [-0.2, 0) is 0 Å². The van der Waals surface area contributed by atoms with E-state index in [1.54, 1.807) is 34.4 Å². The van der Waals surface area contributed by atoms with Crippen LogP contribution in [0.25, 0.3) is 0 Å². The molecule has 0 radical (unpaired) electrons. The van der Waals surface area contributed by atoms with Crippen molar-refractivity contribution in [3.8, 4) is 0 Å². The minimum Gasteiger partial charge on any atom is -0.221 e. The zero-order valence-corrected chi connectivity index (χ0v) is 14.0. The number of hydrogen-bond acceptors (Lipinski definition) is 6. The fourth-order valence-corrected chi connectivity index (χ4v) is 5.24. The van der Waals surface area contributed by atoms with Gasteiger partial charge in [0.25, 0.3) is 0 Å². The van der Waals surface area contributed by atoms with E-state index in [2.05, 4.69) is 60.9 Å². The highest BCUT2D eigenvalue weighted by Crippen LogP contribution is 2.39. The van der Waals surface area contributed by atoms with Crippen LogP contribution in [0.2, 0.25) is 0 Å². The summed E-state index contributed by atoms with van der Waals surface area (Å²) in [5.41, 5.74) is 0. The van der Waals surface area contributed by atoms with Crippen molar-refractivity contribution in [3.63, 3.8) is 0 Å². The van der Waals surface area contributed by atoms with Crippen molar-refractivity contribution in [3.05, 3.63) is 13.4 Å². The Hall–Kier alpha value is 0.500. The third kappa shape index (κ3) is 3.04. The first kappa shape index (κ1) is 12.9. The largest absolute Gasteiger partial charge is 0.221 e. The summed E-state index contributed by atoms with van der Waals surface area (Å²) in [6, 6.07) is 0. The molecular formula is C8H7Br2N3S3. The zero-order chi connectivity index (χ0) is 11.7. The zero-order valence-electron chi connectivity index (χ0n) is 8.40. The fourth-order valence-electron chi connectivity index (χ4n) is 0.879. The molecule has 0 spiro atoms. The van der Waals surface area contributed by atoms with Gasteiger partial charge in [0.05, 0.1) is 0 Å². The lowest BCUT2D eigenvalue weighted by Gasteiger charge is -1.93. The lowest BCUT2D eigenvalue weighted by Crippen LogP contribution is -1.83. The van der Waals surface area contributed by atoms with Crippen LogP contribution in [0.1, 0.15) is 24.8 Å². The maximum absolute atomic E-state index is 4.35. The fraction of sp³-hybridized carbons (Fsp3) is 0.375. The Kier molecular flexibility index (Phi) is 4.39. The van der Waals surface area contributed by atoms with Crippen molar-refractivity contribution < 1.29 is 0 Å². The molecule has 86 valence electrons. The van der Waals surface area contributed by atoms with E-state index in [9.17, 15) is 0 Å². The van der Waals surface area contributed by atoms with Gasteiger partial charge in [-0.15, -0.1) is 10.2 Å². The summed E-state index contributed by atoms with van der Waals surface area (Å²) in [6.45, 7) is 4.23. The summed E-state index contributed by atoms with van der Waals surface area (Å²) in [6.07, 6.45) is 0. The summed E-state index contributed by atoms with van der Waals surface area (Å²) in [4.78, 5) is 4.35. The first-order valence-electron chi connectivity index (χ1n) is 4.39. The Morgan fingerprint density at radius 3 is 2.38 bits per heavy atom. The third-order valence-corrected chi connectivity index (χ3v) is 7.03. The van der Waals surface area contributed by atoms with Gasteiger partial charge in [0.15, 0.2) is 8.68 Å². The molecule has 0 saturated heterocycles. The summed E-state index contributed by atoms with van der Waals surface area (Å²) in [5, 5.41) is 9.35. The summed E-state index contributed by atoms with van der Waals surface area (Å²) in [5.74, 6) is 0.432. The first-order chi connectivity index (χ1) is 7.56. The molecular weight excluding hydrogens is 394 g/mol. The van der Waals surface area contributed by atoms with Crippen LogP contribution in [0.5, 0.6) is 0 Å². The molecule has 0 aliphatic carbocycles. The monoisotopic (exact) mass is 399 g/mol. The van der Waals surface area contributed by atoms with Crippen LogP contribution >= 0.6 is 66.3 Å². The molecule has 16 heavy (non-hydrogen) atoms. The highest BCUT2D eigenvalue weighted by atomic mass is 79.9. The van der Waals surface area contributed by atoms with Gasteiger partial charge in [0.2, 0.25) is 0 Å². The van der Waals surface area contributed by atoms with Crippen molar-refractivity contribution in [2.24, 2.45) is 0 Å². The molecule has 0 amide bonds. The van der Waals surface area contributed by atoms with E-state index >= 15 is 0 Å². The van der Waals surface area contributed by atoms with Gasteiger partial charge in [0.1, 0.15) is 13.4 Å². The molecule has 2 heterocycles. The minimum atomic E-state index is 0.432. The van der Waals surface area contributed by atoms with Crippen LogP contribution < -0.4 is 0 Å². The number of thiazole rings is 1. The second-order valence-corrected chi connectivity index (χ2v) is 8.78. The lowest BCUT2D eigenvalue weighted by atomic mass is 10.2. The number of halogens is 2. The highest BCUT2D eigenvalue weighted by molar-refractivity contribution is 9.13. The van der Waals surface area contributed by atoms with E-state index in [1.807, 2.05) is 0 Å². The van der Waals surface area contributed by atoms with E-state index in [0.717, 1.165) is 22.1 Å². The molecule has 0 saturated carbocycles. The normalized spacial score (nSPS) is 11.3. The van der Waals surface area contributed by atoms with E-state index in [1.165, 1.54) is 0 Å². The van der Waals surface area contributed by atoms with Gasteiger partial charge in [-0.3, -0.25) is 0 Å². The molecule has 2 aromatic rings. The van der Waals surface area contributed by atoms with Crippen molar-refractivity contribution in [1.82, 2.24) is 15.2 Å². The molecule has 0 aliphatic rings. The number of nitrogens with zero attached hydrogens (tertiary/aromatic N) is 3. The molecule has 0 bridgehead atoms. The molecule has 0 aromatic carbocycles. The van der Waals surface area contributed by atoms with Crippen molar-refractivity contribution in [2.45, 2.75) is 28.4 Å². The highest BCUT2D eigenvalue weighted by Gasteiger charge is 2.12. The molecule has 0 fully saturated rings. The molecule has 2 rings (SSSR count).